The van der Waals surface area contributed by atoms with Crippen LogP contribution in [0.3, 0.4) is 0 Å². The van der Waals surface area contributed by atoms with Gasteiger partial charge in [0.15, 0.2) is 0 Å². The van der Waals surface area contributed by atoms with Gasteiger partial charge < -0.3 is 10.2 Å². The summed E-state index contributed by atoms with van der Waals surface area (Å²) in [5.74, 6) is -0.0862. The number of sulfonamides is 1. The molecule has 1 saturated carbocycles. The highest BCUT2D eigenvalue weighted by atomic mass is 32.2. The van der Waals surface area contributed by atoms with Crippen LogP contribution in [0.1, 0.15) is 30.1 Å². The van der Waals surface area contributed by atoms with E-state index in [1.165, 1.54) is 30.3 Å². The van der Waals surface area contributed by atoms with Gasteiger partial charge in [0.05, 0.1) is 10.9 Å². The molecule has 1 aliphatic heterocycles. The molecule has 1 aromatic rings. The van der Waals surface area contributed by atoms with Crippen molar-refractivity contribution in [1.82, 2.24) is 19.8 Å². The molecule has 1 aromatic carbocycles. The predicted octanol–water partition coefficient (Wildman–Crippen LogP) is 0.576. The van der Waals surface area contributed by atoms with Crippen LogP contribution in [-0.4, -0.2) is 74.8 Å². The number of amides is 2. The fourth-order valence-corrected chi connectivity index (χ4v) is 4.24. The number of nitrogens with zero attached hydrogens (tertiary/aromatic N) is 2. The van der Waals surface area contributed by atoms with Gasteiger partial charge in [-0.25, -0.2) is 13.1 Å². The molecule has 1 saturated heterocycles. The average molecular weight is 421 g/mol. The maximum atomic E-state index is 12.7. The van der Waals surface area contributed by atoms with Gasteiger partial charge in [0.25, 0.3) is 5.91 Å². The van der Waals surface area contributed by atoms with Crippen molar-refractivity contribution < 1.29 is 18.0 Å². The summed E-state index contributed by atoms with van der Waals surface area (Å²) in [6, 6.07) is 6.05. The van der Waals surface area contributed by atoms with Crippen LogP contribution in [0.4, 0.5) is 0 Å². The van der Waals surface area contributed by atoms with Gasteiger partial charge >= 0.3 is 0 Å². The number of hydrogen-bond acceptors (Lipinski definition) is 5. The molecule has 1 aliphatic carbocycles. The molecule has 2 amide bonds. The minimum atomic E-state index is -3.61. The van der Waals surface area contributed by atoms with Gasteiger partial charge in [0, 0.05) is 44.3 Å². The molecule has 3 rings (SSSR count). The standard InChI is InChI=1S/C20H28N4O4S/c1-3-10-21-29(27,28)18-8-4-16(5-9-18)20(26)24-13-11-23(12-14-24)15(2)19(25)22-17-6-7-17/h3-5,8-9,15,17,21H,1,6-7,10-14H2,2H3,(H,22,25). The summed E-state index contributed by atoms with van der Waals surface area (Å²) in [5.41, 5.74) is 0.445. The van der Waals surface area contributed by atoms with E-state index in [1.807, 2.05) is 6.92 Å². The Hall–Kier alpha value is -2.23. The fourth-order valence-electron chi connectivity index (χ4n) is 3.24. The lowest BCUT2D eigenvalue weighted by Crippen LogP contribution is -2.55. The molecular weight excluding hydrogens is 392 g/mol. The van der Waals surface area contributed by atoms with Gasteiger partial charge in [-0.3, -0.25) is 14.5 Å². The minimum absolute atomic E-state index is 0.0501. The number of rotatable bonds is 8. The number of carbonyl (C=O) groups excluding carboxylic acids is 2. The van der Waals surface area contributed by atoms with Crippen LogP contribution < -0.4 is 10.0 Å². The molecule has 2 aliphatic rings. The molecule has 29 heavy (non-hydrogen) atoms. The van der Waals surface area contributed by atoms with E-state index in [9.17, 15) is 18.0 Å². The zero-order valence-electron chi connectivity index (χ0n) is 16.6. The van der Waals surface area contributed by atoms with Crippen LogP contribution in [-0.2, 0) is 14.8 Å². The Morgan fingerprint density at radius 3 is 2.34 bits per heavy atom. The minimum Gasteiger partial charge on any atom is -0.352 e. The highest BCUT2D eigenvalue weighted by Crippen LogP contribution is 2.19. The molecule has 2 fully saturated rings. The first kappa shape index (κ1) is 21.5. The lowest BCUT2D eigenvalue weighted by molar-refractivity contribution is -0.126. The average Bonchev–Trinajstić information content (AvgIpc) is 3.55. The Morgan fingerprint density at radius 2 is 1.79 bits per heavy atom. The van der Waals surface area contributed by atoms with Crippen molar-refractivity contribution in [2.24, 2.45) is 0 Å². The topological polar surface area (TPSA) is 98.8 Å². The zero-order chi connectivity index (χ0) is 21.0. The Labute approximate surface area is 172 Å². The molecule has 1 atom stereocenters. The third-order valence-corrected chi connectivity index (χ3v) is 6.72. The summed E-state index contributed by atoms with van der Waals surface area (Å²) in [6.07, 6.45) is 3.59. The molecule has 1 unspecified atom stereocenters. The highest BCUT2D eigenvalue weighted by Gasteiger charge is 2.31. The normalized spacial score (nSPS) is 18.9. The molecule has 8 nitrogen and oxygen atoms in total. The highest BCUT2D eigenvalue weighted by molar-refractivity contribution is 7.89. The monoisotopic (exact) mass is 420 g/mol. The van der Waals surface area contributed by atoms with Gasteiger partial charge in [-0.15, -0.1) is 6.58 Å². The second-order valence-electron chi connectivity index (χ2n) is 7.45. The van der Waals surface area contributed by atoms with Crippen LogP contribution in [0.2, 0.25) is 0 Å². The Bertz CT molecular complexity index is 857. The van der Waals surface area contributed by atoms with Crippen molar-refractivity contribution in [1.29, 1.82) is 0 Å². The fraction of sp³-hybridized carbons (Fsp3) is 0.500. The number of piperazine rings is 1. The van der Waals surface area contributed by atoms with Gasteiger partial charge in [-0.1, -0.05) is 6.08 Å². The lowest BCUT2D eigenvalue weighted by atomic mass is 10.1. The first-order valence-electron chi connectivity index (χ1n) is 9.86. The molecule has 0 radical (unpaired) electrons. The van der Waals surface area contributed by atoms with Gasteiger partial charge in [0.2, 0.25) is 15.9 Å². The van der Waals surface area contributed by atoms with Crippen molar-refractivity contribution in [3.05, 3.63) is 42.5 Å². The summed E-state index contributed by atoms with van der Waals surface area (Å²) in [5, 5.41) is 3.02. The van der Waals surface area contributed by atoms with Crippen molar-refractivity contribution in [3.63, 3.8) is 0 Å². The third kappa shape index (κ3) is 5.43. The molecule has 0 bridgehead atoms. The molecule has 9 heteroatoms. The lowest BCUT2D eigenvalue weighted by Gasteiger charge is -2.37. The maximum Gasteiger partial charge on any atom is 0.253 e. The summed E-state index contributed by atoms with van der Waals surface area (Å²) >= 11 is 0. The maximum absolute atomic E-state index is 12.7. The summed E-state index contributed by atoms with van der Waals surface area (Å²) in [4.78, 5) is 28.9. The van der Waals surface area contributed by atoms with Crippen LogP contribution >= 0.6 is 0 Å². The third-order valence-electron chi connectivity index (χ3n) is 5.28. The molecule has 2 N–H and O–H groups in total. The number of benzene rings is 1. The van der Waals surface area contributed by atoms with E-state index in [2.05, 4.69) is 21.5 Å². The van der Waals surface area contributed by atoms with E-state index >= 15 is 0 Å². The van der Waals surface area contributed by atoms with E-state index in [0.29, 0.717) is 37.8 Å². The number of hydrogen-bond donors (Lipinski definition) is 2. The van der Waals surface area contributed by atoms with Crippen LogP contribution in [0.25, 0.3) is 0 Å². The number of nitrogens with one attached hydrogen (secondary N) is 2. The first-order chi connectivity index (χ1) is 13.8. The number of carbonyl (C=O) groups is 2. The molecule has 0 spiro atoms. The van der Waals surface area contributed by atoms with E-state index in [-0.39, 0.29) is 29.3 Å². The van der Waals surface area contributed by atoms with E-state index in [1.54, 1.807) is 4.90 Å². The van der Waals surface area contributed by atoms with Crippen LogP contribution in [0.15, 0.2) is 41.8 Å². The van der Waals surface area contributed by atoms with Gasteiger partial charge in [-0.05, 0) is 44.0 Å². The van der Waals surface area contributed by atoms with E-state index in [4.69, 9.17) is 0 Å². The molecule has 1 heterocycles. The van der Waals surface area contributed by atoms with Crippen molar-refractivity contribution >= 4 is 21.8 Å². The van der Waals surface area contributed by atoms with Crippen LogP contribution in [0.5, 0.6) is 0 Å². The molecule has 158 valence electrons. The second kappa shape index (κ2) is 9.06. The van der Waals surface area contributed by atoms with Crippen molar-refractivity contribution in [2.75, 3.05) is 32.7 Å². The van der Waals surface area contributed by atoms with Gasteiger partial charge in [0.1, 0.15) is 0 Å². The van der Waals surface area contributed by atoms with Crippen LogP contribution in [0, 0.1) is 0 Å². The molecular formula is C20H28N4O4S. The quantitative estimate of drug-likeness (QED) is 0.600. The summed E-state index contributed by atoms with van der Waals surface area (Å²) in [6.45, 7) is 7.84. The summed E-state index contributed by atoms with van der Waals surface area (Å²) < 4.78 is 26.6. The first-order valence-corrected chi connectivity index (χ1v) is 11.3. The zero-order valence-corrected chi connectivity index (χ0v) is 17.5. The van der Waals surface area contributed by atoms with Crippen molar-refractivity contribution in [2.45, 2.75) is 36.7 Å². The van der Waals surface area contributed by atoms with Crippen molar-refractivity contribution in [3.8, 4) is 0 Å². The van der Waals surface area contributed by atoms with E-state index in [0.717, 1.165) is 12.8 Å². The Kier molecular flexibility index (Phi) is 6.71. The Balaban J connectivity index is 1.55. The van der Waals surface area contributed by atoms with E-state index < -0.39 is 10.0 Å². The smallest absolute Gasteiger partial charge is 0.253 e. The second-order valence-corrected chi connectivity index (χ2v) is 9.22. The largest absolute Gasteiger partial charge is 0.352 e. The SMILES string of the molecule is C=CCNS(=O)(=O)c1ccc(C(=O)N2CCN(C(C)C(=O)NC3CC3)CC2)cc1. The molecule has 0 aromatic heterocycles. The van der Waals surface area contributed by atoms with Gasteiger partial charge in [-0.2, -0.15) is 0 Å². The Morgan fingerprint density at radius 1 is 1.17 bits per heavy atom. The predicted molar refractivity (Wildman–Crippen MR) is 110 cm³/mol. The summed E-state index contributed by atoms with van der Waals surface area (Å²) in [7, 11) is -3.61.